The van der Waals surface area contributed by atoms with Crippen LogP contribution in [0.1, 0.15) is 10.4 Å². The third kappa shape index (κ3) is 2.49. The van der Waals surface area contributed by atoms with E-state index in [1.165, 1.54) is 18.5 Å². The summed E-state index contributed by atoms with van der Waals surface area (Å²) in [5.41, 5.74) is 0.0783. The van der Waals surface area contributed by atoms with E-state index in [2.05, 4.69) is 10.9 Å². The van der Waals surface area contributed by atoms with Crippen molar-refractivity contribution in [2.75, 3.05) is 6.61 Å². The van der Waals surface area contributed by atoms with Gasteiger partial charge in [-0.25, -0.2) is 4.79 Å². The summed E-state index contributed by atoms with van der Waals surface area (Å²) in [6.07, 6.45) is 7.61. The zero-order chi connectivity index (χ0) is 9.68. The first-order valence-electron chi connectivity index (χ1n) is 3.48. The monoisotopic (exact) mass is 177 g/mol. The maximum atomic E-state index is 10.5. The molecule has 0 saturated heterocycles. The predicted molar refractivity (Wildman–Crippen MR) is 45.5 cm³/mol. The molecule has 0 aliphatic heterocycles. The average Bonchev–Trinajstić information content (AvgIpc) is 2.15. The number of aromatic carboxylic acids is 1. The molecule has 0 aliphatic carbocycles. The molecule has 0 saturated carbocycles. The highest BCUT2D eigenvalue weighted by Gasteiger charge is 2.03. The molecule has 0 aromatic carbocycles. The third-order valence-electron chi connectivity index (χ3n) is 1.28. The molecule has 0 atom stereocenters. The van der Waals surface area contributed by atoms with Crippen molar-refractivity contribution in [1.29, 1.82) is 0 Å². The standard InChI is InChI=1S/C9H7NO3/c1-2-3-13-8-4-7(9(11)12)5-10-6-8/h1,4-6H,3H2,(H,11,12). The molecule has 1 heterocycles. The topological polar surface area (TPSA) is 59.4 Å². The molecule has 0 aliphatic rings. The highest BCUT2D eigenvalue weighted by atomic mass is 16.5. The lowest BCUT2D eigenvalue weighted by molar-refractivity contribution is 0.0696. The second-order valence-corrected chi connectivity index (χ2v) is 2.21. The van der Waals surface area contributed by atoms with Crippen LogP contribution in [0, 0.1) is 12.3 Å². The summed E-state index contributed by atoms with van der Waals surface area (Å²) in [7, 11) is 0. The van der Waals surface area contributed by atoms with Crippen LogP contribution in [0.15, 0.2) is 18.5 Å². The van der Waals surface area contributed by atoms with Gasteiger partial charge in [-0.15, -0.1) is 6.42 Å². The van der Waals surface area contributed by atoms with Crippen LogP contribution in [0.25, 0.3) is 0 Å². The first-order valence-corrected chi connectivity index (χ1v) is 3.48. The maximum Gasteiger partial charge on any atom is 0.337 e. The van der Waals surface area contributed by atoms with Crippen molar-refractivity contribution in [2.24, 2.45) is 0 Å². The molecule has 0 fully saturated rings. The number of hydrogen-bond acceptors (Lipinski definition) is 3. The van der Waals surface area contributed by atoms with Crippen molar-refractivity contribution in [3.05, 3.63) is 24.0 Å². The van der Waals surface area contributed by atoms with Gasteiger partial charge in [0.25, 0.3) is 0 Å². The number of rotatable bonds is 3. The molecule has 0 unspecified atom stereocenters. The number of carboxylic acid groups (broad SMARTS) is 1. The molecule has 0 amide bonds. The lowest BCUT2D eigenvalue weighted by Gasteiger charge is -2.01. The summed E-state index contributed by atoms with van der Waals surface area (Å²) in [6, 6.07) is 1.37. The summed E-state index contributed by atoms with van der Waals surface area (Å²) in [5, 5.41) is 8.60. The molecule has 1 aromatic heterocycles. The molecule has 1 N–H and O–H groups in total. The van der Waals surface area contributed by atoms with Crippen LogP contribution in [0.5, 0.6) is 5.75 Å². The Balaban J connectivity index is 2.80. The van der Waals surface area contributed by atoms with Gasteiger partial charge in [-0.05, 0) is 6.07 Å². The summed E-state index contributed by atoms with van der Waals surface area (Å²) >= 11 is 0. The van der Waals surface area contributed by atoms with Gasteiger partial charge >= 0.3 is 5.97 Å². The van der Waals surface area contributed by atoms with Crippen LogP contribution < -0.4 is 4.74 Å². The Morgan fingerprint density at radius 3 is 3.08 bits per heavy atom. The minimum Gasteiger partial charge on any atom is -0.479 e. The molecule has 1 aromatic rings. The van der Waals surface area contributed by atoms with E-state index in [0.29, 0.717) is 5.75 Å². The molecule has 1 rings (SSSR count). The molecule has 13 heavy (non-hydrogen) atoms. The van der Waals surface area contributed by atoms with Gasteiger partial charge in [0.2, 0.25) is 0 Å². The summed E-state index contributed by atoms with van der Waals surface area (Å²) in [5.74, 6) is 1.58. The zero-order valence-electron chi connectivity index (χ0n) is 6.73. The quantitative estimate of drug-likeness (QED) is 0.693. The number of carboxylic acids is 1. The van der Waals surface area contributed by atoms with E-state index >= 15 is 0 Å². The van der Waals surface area contributed by atoms with Gasteiger partial charge in [-0.3, -0.25) is 4.98 Å². The van der Waals surface area contributed by atoms with E-state index in [9.17, 15) is 4.79 Å². The van der Waals surface area contributed by atoms with Crippen molar-refractivity contribution in [3.63, 3.8) is 0 Å². The van der Waals surface area contributed by atoms with Crippen molar-refractivity contribution in [2.45, 2.75) is 0 Å². The van der Waals surface area contributed by atoms with Gasteiger partial charge in [0.15, 0.2) is 0 Å². The van der Waals surface area contributed by atoms with Crippen LogP contribution in [-0.4, -0.2) is 22.7 Å². The minimum atomic E-state index is -1.04. The number of nitrogens with zero attached hydrogens (tertiary/aromatic N) is 1. The van der Waals surface area contributed by atoms with E-state index < -0.39 is 5.97 Å². The minimum absolute atomic E-state index is 0.0783. The fourth-order valence-corrected chi connectivity index (χ4v) is 0.740. The Labute approximate surface area is 75.2 Å². The average molecular weight is 177 g/mol. The number of carbonyl (C=O) groups is 1. The van der Waals surface area contributed by atoms with E-state index in [4.69, 9.17) is 16.3 Å². The Morgan fingerprint density at radius 1 is 1.69 bits per heavy atom. The zero-order valence-corrected chi connectivity index (χ0v) is 6.73. The largest absolute Gasteiger partial charge is 0.479 e. The highest BCUT2D eigenvalue weighted by molar-refractivity contribution is 5.87. The maximum absolute atomic E-state index is 10.5. The van der Waals surface area contributed by atoms with Gasteiger partial charge in [-0.1, -0.05) is 5.92 Å². The Bertz CT molecular complexity index is 354. The molecule has 0 spiro atoms. The van der Waals surface area contributed by atoms with Crippen molar-refractivity contribution >= 4 is 5.97 Å². The van der Waals surface area contributed by atoms with Gasteiger partial charge < -0.3 is 9.84 Å². The van der Waals surface area contributed by atoms with Gasteiger partial charge in [0.05, 0.1) is 11.8 Å². The second kappa shape index (κ2) is 4.12. The molecule has 66 valence electrons. The summed E-state index contributed by atoms with van der Waals surface area (Å²) in [4.78, 5) is 14.2. The fourth-order valence-electron chi connectivity index (χ4n) is 0.740. The smallest absolute Gasteiger partial charge is 0.337 e. The number of aromatic nitrogens is 1. The van der Waals surface area contributed by atoms with Crippen LogP contribution in [-0.2, 0) is 0 Å². The third-order valence-corrected chi connectivity index (χ3v) is 1.28. The fraction of sp³-hybridized carbons (Fsp3) is 0.111. The SMILES string of the molecule is C#CCOc1cncc(C(=O)O)c1. The van der Waals surface area contributed by atoms with Crippen LogP contribution in [0.2, 0.25) is 0 Å². The van der Waals surface area contributed by atoms with Crippen molar-refractivity contribution < 1.29 is 14.6 Å². The first kappa shape index (κ1) is 9.07. The normalized spacial score (nSPS) is 8.85. The predicted octanol–water partition coefficient (Wildman–Crippen LogP) is 0.792. The van der Waals surface area contributed by atoms with E-state index in [1.54, 1.807) is 0 Å². The second-order valence-electron chi connectivity index (χ2n) is 2.21. The lowest BCUT2D eigenvalue weighted by Crippen LogP contribution is -1.99. The van der Waals surface area contributed by atoms with E-state index in [1.807, 2.05) is 0 Å². The van der Waals surface area contributed by atoms with Crippen LogP contribution in [0.3, 0.4) is 0 Å². The van der Waals surface area contributed by atoms with Gasteiger partial charge in [0.1, 0.15) is 12.4 Å². The molecule has 0 bridgehead atoms. The summed E-state index contributed by atoms with van der Waals surface area (Å²) in [6.45, 7) is 0.102. The van der Waals surface area contributed by atoms with E-state index in [-0.39, 0.29) is 12.2 Å². The molecule has 4 heteroatoms. The van der Waals surface area contributed by atoms with Crippen molar-refractivity contribution in [1.82, 2.24) is 4.98 Å². The van der Waals surface area contributed by atoms with Crippen LogP contribution >= 0.6 is 0 Å². The Morgan fingerprint density at radius 2 is 2.46 bits per heavy atom. The number of ether oxygens (including phenoxy) is 1. The number of hydrogen-bond donors (Lipinski definition) is 1. The molecular formula is C9H7NO3. The first-order chi connectivity index (χ1) is 6.24. The van der Waals surface area contributed by atoms with Crippen LogP contribution in [0.4, 0.5) is 0 Å². The molecule has 4 nitrogen and oxygen atoms in total. The summed E-state index contributed by atoms with van der Waals surface area (Å²) < 4.78 is 4.98. The highest BCUT2D eigenvalue weighted by Crippen LogP contribution is 2.10. The van der Waals surface area contributed by atoms with Crippen molar-refractivity contribution in [3.8, 4) is 18.1 Å². The molecular weight excluding hydrogens is 170 g/mol. The molecule has 0 radical (unpaired) electrons. The van der Waals surface area contributed by atoms with Gasteiger partial charge in [0, 0.05) is 6.20 Å². The number of terminal acetylenes is 1. The van der Waals surface area contributed by atoms with E-state index in [0.717, 1.165) is 0 Å². The Hall–Kier alpha value is -2.02. The van der Waals surface area contributed by atoms with Gasteiger partial charge in [-0.2, -0.15) is 0 Å². The lowest BCUT2D eigenvalue weighted by atomic mass is 10.3. The Kier molecular flexibility index (Phi) is 2.87. The number of pyridine rings is 1.